The van der Waals surface area contributed by atoms with Crippen molar-refractivity contribution in [2.45, 2.75) is 102 Å². The van der Waals surface area contributed by atoms with E-state index in [2.05, 4.69) is 9.97 Å². The number of hydrogen-bond acceptors (Lipinski definition) is 8. The SMILES string of the molecule is C[C@H]1[C@@H](OC(C)(C)O)[C@H](n2ccc3c(Cl)ncnc32)O[C@@H]1CN1CC(C(F)(F)F)CC12CCN(C(=O)OC(C)(C)C)CC2. The van der Waals surface area contributed by atoms with Gasteiger partial charge in [-0.3, -0.25) is 4.90 Å². The van der Waals surface area contributed by atoms with E-state index < -0.39 is 53.6 Å². The minimum atomic E-state index is -4.34. The van der Waals surface area contributed by atoms with Crippen molar-refractivity contribution in [1.29, 1.82) is 0 Å². The lowest BCUT2D eigenvalue weighted by atomic mass is 9.82. The molecule has 3 aliphatic heterocycles. The number of amides is 1. The van der Waals surface area contributed by atoms with Crippen molar-refractivity contribution in [3.8, 4) is 0 Å². The number of nitrogens with zero attached hydrogens (tertiary/aromatic N) is 5. The predicted octanol–water partition coefficient (Wildman–Crippen LogP) is 5.39. The average molecular weight is 632 g/mol. The van der Waals surface area contributed by atoms with E-state index in [9.17, 15) is 23.1 Å². The molecule has 5 heterocycles. The smallest absolute Gasteiger partial charge is 0.410 e. The molecule has 2 aromatic heterocycles. The molecule has 0 aliphatic carbocycles. The zero-order valence-corrected chi connectivity index (χ0v) is 26.2. The van der Waals surface area contributed by atoms with E-state index >= 15 is 0 Å². The summed E-state index contributed by atoms with van der Waals surface area (Å²) in [4.78, 5) is 24.6. The molecule has 0 aromatic carbocycles. The fourth-order valence-electron chi connectivity index (χ4n) is 6.70. The number of likely N-dealkylation sites (tertiary alicyclic amines) is 2. The molecule has 2 aromatic rings. The van der Waals surface area contributed by atoms with Gasteiger partial charge >= 0.3 is 12.3 Å². The summed E-state index contributed by atoms with van der Waals surface area (Å²) in [5.41, 5.74) is -0.886. The zero-order chi connectivity index (χ0) is 31.5. The lowest BCUT2D eigenvalue weighted by Crippen LogP contribution is -2.55. The van der Waals surface area contributed by atoms with Gasteiger partial charge in [0.15, 0.2) is 12.0 Å². The second kappa shape index (κ2) is 11.3. The maximum Gasteiger partial charge on any atom is 0.410 e. The Morgan fingerprint density at radius 3 is 2.47 bits per heavy atom. The number of halogens is 4. The predicted molar refractivity (Wildman–Crippen MR) is 152 cm³/mol. The first kappa shape index (κ1) is 32.2. The molecule has 14 heteroatoms. The lowest BCUT2D eigenvalue weighted by Gasteiger charge is -2.46. The normalized spacial score (nSPS) is 28.7. The first-order valence-electron chi connectivity index (χ1n) is 14.7. The molecule has 3 fully saturated rings. The third-order valence-electron chi connectivity index (χ3n) is 8.81. The Morgan fingerprint density at radius 1 is 1.19 bits per heavy atom. The van der Waals surface area contributed by atoms with Crippen molar-refractivity contribution in [3.05, 3.63) is 23.7 Å². The van der Waals surface area contributed by atoms with Crippen LogP contribution in [0.15, 0.2) is 18.6 Å². The van der Waals surface area contributed by atoms with Crippen LogP contribution >= 0.6 is 11.6 Å². The third kappa shape index (κ3) is 6.75. The maximum absolute atomic E-state index is 14.1. The molecule has 10 nitrogen and oxygen atoms in total. The van der Waals surface area contributed by atoms with Crippen LogP contribution < -0.4 is 0 Å². The van der Waals surface area contributed by atoms with E-state index in [1.54, 1.807) is 42.5 Å². The van der Waals surface area contributed by atoms with Crippen LogP contribution in [0.25, 0.3) is 11.0 Å². The van der Waals surface area contributed by atoms with E-state index in [0.29, 0.717) is 37.0 Å². The minimum Gasteiger partial charge on any atom is -0.444 e. The molecule has 5 rings (SSSR count). The number of carbonyl (C=O) groups is 1. The van der Waals surface area contributed by atoms with Crippen molar-refractivity contribution in [2.24, 2.45) is 11.8 Å². The first-order valence-corrected chi connectivity index (χ1v) is 15.1. The van der Waals surface area contributed by atoms with Gasteiger partial charge in [-0.1, -0.05) is 18.5 Å². The molecule has 1 amide bonds. The molecular formula is C29H41ClF3N5O5. The summed E-state index contributed by atoms with van der Waals surface area (Å²) >= 11 is 6.28. The Labute approximate surface area is 254 Å². The second-order valence-corrected chi connectivity index (χ2v) is 14.0. The van der Waals surface area contributed by atoms with Crippen LogP contribution in [0.4, 0.5) is 18.0 Å². The molecule has 3 aliphatic rings. The van der Waals surface area contributed by atoms with Crippen LogP contribution in [0.5, 0.6) is 0 Å². The number of aliphatic hydroxyl groups is 1. The number of aromatic nitrogens is 3. The van der Waals surface area contributed by atoms with Crippen molar-refractivity contribution in [1.82, 2.24) is 24.3 Å². The van der Waals surface area contributed by atoms with Crippen molar-refractivity contribution in [2.75, 3.05) is 26.2 Å². The highest BCUT2D eigenvalue weighted by atomic mass is 35.5. The summed E-state index contributed by atoms with van der Waals surface area (Å²) in [5, 5.41) is 11.5. The van der Waals surface area contributed by atoms with Gasteiger partial charge in [-0.05, 0) is 59.9 Å². The Balaban J connectivity index is 1.40. The molecule has 43 heavy (non-hydrogen) atoms. The molecule has 0 bridgehead atoms. The summed E-state index contributed by atoms with van der Waals surface area (Å²) < 4.78 is 62.3. The zero-order valence-electron chi connectivity index (χ0n) is 25.4. The van der Waals surface area contributed by atoms with Crippen LogP contribution in [-0.2, 0) is 14.2 Å². The summed E-state index contributed by atoms with van der Waals surface area (Å²) in [6.45, 7) is 11.0. The highest BCUT2D eigenvalue weighted by Crippen LogP contribution is 2.48. The average Bonchev–Trinajstić information content (AvgIpc) is 3.54. The maximum atomic E-state index is 14.1. The van der Waals surface area contributed by atoms with Crippen molar-refractivity contribution < 1.29 is 37.3 Å². The number of ether oxygens (including phenoxy) is 3. The van der Waals surface area contributed by atoms with E-state index in [-0.39, 0.29) is 30.6 Å². The topological polar surface area (TPSA) is 102 Å². The molecule has 240 valence electrons. The van der Waals surface area contributed by atoms with Gasteiger partial charge in [0.05, 0.1) is 17.4 Å². The van der Waals surface area contributed by atoms with Gasteiger partial charge in [0.2, 0.25) is 0 Å². The van der Waals surface area contributed by atoms with Gasteiger partial charge in [0, 0.05) is 43.8 Å². The molecular weight excluding hydrogens is 591 g/mol. The van der Waals surface area contributed by atoms with Crippen LogP contribution in [0, 0.1) is 11.8 Å². The van der Waals surface area contributed by atoms with E-state index in [4.69, 9.17) is 25.8 Å². The number of rotatable bonds is 5. The number of fused-ring (bicyclic) bond motifs is 1. The Bertz CT molecular complexity index is 1320. The molecule has 1 spiro atoms. The Kier molecular flexibility index (Phi) is 8.47. The van der Waals surface area contributed by atoms with Gasteiger partial charge in [-0.15, -0.1) is 0 Å². The van der Waals surface area contributed by atoms with E-state index in [1.165, 1.54) is 20.2 Å². The van der Waals surface area contributed by atoms with Crippen molar-refractivity contribution >= 4 is 28.7 Å². The molecule has 1 N–H and O–H groups in total. The molecule has 0 radical (unpaired) electrons. The highest BCUT2D eigenvalue weighted by Gasteiger charge is 2.57. The lowest BCUT2D eigenvalue weighted by molar-refractivity contribution is -0.227. The fraction of sp³-hybridized carbons (Fsp3) is 0.759. The largest absolute Gasteiger partial charge is 0.444 e. The highest BCUT2D eigenvalue weighted by molar-refractivity contribution is 6.33. The molecule has 1 unspecified atom stereocenters. The number of hydrogen-bond donors (Lipinski definition) is 1. The molecule has 0 saturated carbocycles. The summed E-state index contributed by atoms with van der Waals surface area (Å²) in [5.74, 6) is -3.27. The van der Waals surface area contributed by atoms with Crippen molar-refractivity contribution in [3.63, 3.8) is 0 Å². The number of piperidine rings is 1. The monoisotopic (exact) mass is 631 g/mol. The quantitative estimate of drug-likeness (QED) is 0.347. The number of alkyl halides is 3. The van der Waals surface area contributed by atoms with Crippen LogP contribution in [0.1, 0.15) is 67.0 Å². The first-order chi connectivity index (χ1) is 19.9. The summed E-state index contributed by atoms with van der Waals surface area (Å²) in [6, 6.07) is 1.77. The van der Waals surface area contributed by atoms with Gasteiger partial charge in [0.1, 0.15) is 28.8 Å². The van der Waals surface area contributed by atoms with E-state index in [1.807, 2.05) is 11.8 Å². The Morgan fingerprint density at radius 2 is 1.86 bits per heavy atom. The fourth-order valence-corrected chi connectivity index (χ4v) is 6.89. The minimum absolute atomic E-state index is 0.0373. The van der Waals surface area contributed by atoms with Gasteiger partial charge in [0.25, 0.3) is 0 Å². The van der Waals surface area contributed by atoms with Crippen LogP contribution in [-0.4, -0.2) is 97.0 Å². The van der Waals surface area contributed by atoms with Gasteiger partial charge in [-0.2, -0.15) is 13.2 Å². The van der Waals surface area contributed by atoms with Gasteiger partial charge in [-0.25, -0.2) is 14.8 Å². The van der Waals surface area contributed by atoms with Crippen LogP contribution in [0.2, 0.25) is 5.15 Å². The van der Waals surface area contributed by atoms with Gasteiger partial charge < -0.3 is 28.8 Å². The molecule has 5 atom stereocenters. The van der Waals surface area contributed by atoms with Crippen LogP contribution in [0.3, 0.4) is 0 Å². The third-order valence-corrected chi connectivity index (χ3v) is 9.11. The number of carbonyl (C=O) groups excluding carboxylic acids is 1. The summed E-state index contributed by atoms with van der Waals surface area (Å²) in [7, 11) is 0. The molecule has 3 saturated heterocycles. The summed E-state index contributed by atoms with van der Waals surface area (Å²) in [6.07, 6.45) is -2.82. The van der Waals surface area contributed by atoms with E-state index in [0.717, 1.165) is 0 Å². The standard InChI is InChI=1S/C29H41ClF3N5O5/c1-17-20(41-24(21(17)42-27(5,6)40)38-10-7-19-22(30)34-16-35-23(19)38)15-37-14-18(29(31,32)33)13-28(37)8-11-36(12-9-28)25(39)43-26(2,3)4/h7,10,16-18,20-21,24,40H,8-9,11-15H2,1-6H3/t17-,18?,20-,21-,24-/m1/s1. The Hall–Kier alpha value is -2.19. The second-order valence-electron chi connectivity index (χ2n) is 13.6.